The summed E-state index contributed by atoms with van der Waals surface area (Å²) in [5.41, 5.74) is 2.90. The maximum Gasteiger partial charge on any atom is 0.241 e. The fourth-order valence-electron chi connectivity index (χ4n) is 4.67. The average molecular weight is 514 g/mol. The summed E-state index contributed by atoms with van der Waals surface area (Å²) in [6, 6.07) is 19.9. The van der Waals surface area contributed by atoms with E-state index in [0.717, 1.165) is 5.56 Å². The highest BCUT2D eigenvalue weighted by molar-refractivity contribution is 5.96. The highest BCUT2D eigenvalue weighted by atomic mass is 19.1. The fourth-order valence-corrected chi connectivity index (χ4v) is 4.67. The molecule has 1 aromatic heterocycles. The first-order valence-electron chi connectivity index (χ1n) is 12.4. The van der Waals surface area contributed by atoms with Crippen molar-refractivity contribution < 1.29 is 18.7 Å². The van der Waals surface area contributed by atoms with E-state index in [0.29, 0.717) is 30.0 Å². The number of ether oxygens (including phenoxy) is 1. The van der Waals surface area contributed by atoms with Gasteiger partial charge in [0.2, 0.25) is 5.91 Å². The second-order valence-corrected chi connectivity index (χ2v) is 9.51. The van der Waals surface area contributed by atoms with Crippen LogP contribution in [0.4, 0.5) is 10.1 Å². The summed E-state index contributed by atoms with van der Waals surface area (Å²) in [5.74, 6) is 0.452. The number of aromatic nitrogens is 3. The molecule has 1 aliphatic heterocycles. The number of nitrogens with zero attached hydrogens (tertiary/aromatic N) is 3. The zero-order valence-corrected chi connectivity index (χ0v) is 20.9. The third-order valence-corrected chi connectivity index (χ3v) is 6.63. The van der Waals surface area contributed by atoms with Crippen LogP contribution in [0.25, 0.3) is 0 Å². The Morgan fingerprint density at radius 1 is 1.03 bits per heavy atom. The van der Waals surface area contributed by atoms with Gasteiger partial charge in [0.25, 0.3) is 0 Å². The Balaban J connectivity index is 1.24. The Morgan fingerprint density at radius 3 is 2.37 bits per heavy atom. The molecule has 194 valence electrons. The Kier molecular flexibility index (Phi) is 7.55. The van der Waals surface area contributed by atoms with Crippen molar-refractivity contribution in [1.82, 2.24) is 20.1 Å². The lowest BCUT2D eigenvalue weighted by Crippen LogP contribution is -2.44. The SMILES string of the molecule is Cc1ccc(C[C@@H]2C[C@@H](C(=O)Nc3ccc(Oc4ccc(F)cc4)cc3)NC2C(=O)Cn2cncn2)cc1. The van der Waals surface area contributed by atoms with E-state index >= 15 is 0 Å². The number of hydrogen-bond donors (Lipinski definition) is 2. The van der Waals surface area contributed by atoms with Gasteiger partial charge in [0, 0.05) is 5.69 Å². The summed E-state index contributed by atoms with van der Waals surface area (Å²) in [5, 5.41) is 10.3. The number of halogens is 1. The van der Waals surface area contributed by atoms with Crippen molar-refractivity contribution in [1.29, 1.82) is 0 Å². The van der Waals surface area contributed by atoms with Gasteiger partial charge in [0.15, 0.2) is 5.78 Å². The van der Waals surface area contributed by atoms with Crippen LogP contribution >= 0.6 is 0 Å². The van der Waals surface area contributed by atoms with Gasteiger partial charge >= 0.3 is 0 Å². The number of rotatable bonds is 9. The lowest BCUT2D eigenvalue weighted by molar-refractivity contribution is -0.122. The molecule has 2 heterocycles. The van der Waals surface area contributed by atoms with Crippen LogP contribution in [0.3, 0.4) is 0 Å². The minimum atomic E-state index is -0.523. The van der Waals surface area contributed by atoms with Crippen molar-refractivity contribution in [3.63, 3.8) is 0 Å². The molecule has 0 bridgehead atoms. The van der Waals surface area contributed by atoms with Crippen LogP contribution in [0, 0.1) is 18.7 Å². The summed E-state index contributed by atoms with van der Waals surface area (Å²) in [6.45, 7) is 2.12. The van der Waals surface area contributed by atoms with Crippen LogP contribution in [-0.2, 0) is 22.6 Å². The lowest BCUT2D eigenvalue weighted by atomic mass is 9.89. The zero-order chi connectivity index (χ0) is 26.5. The van der Waals surface area contributed by atoms with E-state index in [1.165, 1.54) is 35.0 Å². The average Bonchev–Trinajstić information content (AvgIpc) is 3.58. The van der Waals surface area contributed by atoms with Crippen molar-refractivity contribution in [2.45, 2.75) is 38.4 Å². The van der Waals surface area contributed by atoms with Gasteiger partial charge in [-0.2, -0.15) is 5.10 Å². The summed E-state index contributed by atoms with van der Waals surface area (Å²) in [4.78, 5) is 30.3. The smallest absolute Gasteiger partial charge is 0.241 e. The number of carbonyl (C=O) groups is 2. The van der Waals surface area contributed by atoms with Crippen molar-refractivity contribution >= 4 is 17.4 Å². The summed E-state index contributed by atoms with van der Waals surface area (Å²) in [6.07, 6.45) is 4.11. The van der Waals surface area contributed by atoms with Crippen molar-refractivity contribution in [2.24, 2.45) is 5.92 Å². The molecule has 38 heavy (non-hydrogen) atoms. The first kappa shape index (κ1) is 25.3. The highest BCUT2D eigenvalue weighted by Gasteiger charge is 2.40. The third-order valence-electron chi connectivity index (χ3n) is 6.63. The van der Waals surface area contributed by atoms with Gasteiger partial charge in [0.05, 0.1) is 12.1 Å². The summed E-state index contributed by atoms with van der Waals surface area (Å²) in [7, 11) is 0. The van der Waals surface area contributed by atoms with Crippen LogP contribution in [0.2, 0.25) is 0 Å². The third kappa shape index (κ3) is 6.30. The zero-order valence-electron chi connectivity index (χ0n) is 20.9. The largest absolute Gasteiger partial charge is 0.457 e. The van der Waals surface area contributed by atoms with Gasteiger partial charge in [-0.25, -0.2) is 14.1 Å². The minimum absolute atomic E-state index is 0.0368. The second kappa shape index (κ2) is 11.4. The maximum absolute atomic E-state index is 13.2. The lowest BCUT2D eigenvalue weighted by Gasteiger charge is -2.18. The Labute approximate surface area is 219 Å². The molecule has 0 radical (unpaired) electrons. The molecule has 0 spiro atoms. The first-order chi connectivity index (χ1) is 18.4. The fraction of sp³-hybridized carbons (Fsp3) is 0.241. The molecule has 2 N–H and O–H groups in total. The number of benzene rings is 3. The Morgan fingerprint density at radius 2 is 1.71 bits per heavy atom. The molecular weight excluding hydrogens is 485 g/mol. The van der Waals surface area contributed by atoms with E-state index in [2.05, 4.69) is 45.0 Å². The standard InChI is InChI=1S/C29H28FN5O3/c1-19-2-4-20(5-3-19)14-21-15-26(34-28(21)27(36)16-35-18-31-17-32-35)29(37)33-23-8-12-25(13-9-23)38-24-10-6-22(30)7-11-24/h2-13,17-18,21,26,28,34H,14-16H2,1H3,(H,33,37)/t21-,26+,28?/m1/s1. The molecule has 1 saturated heterocycles. The molecule has 3 atom stereocenters. The molecule has 1 unspecified atom stereocenters. The van der Waals surface area contributed by atoms with E-state index in [1.54, 1.807) is 36.4 Å². The topological polar surface area (TPSA) is 98.1 Å². The first-order valence-corrected chi connectivity index (χ1v) is 12.4. The van der Waals surface area contributed by atoms with Crippen LogP contribution < -0.4 is 15.4 Å². The van der Waals surface area contributed by atoms with E-state index < -0.39 is 12.1 Å². The predicted octanol–water partition coefficient (Wildman–Crippen LogP) is 4.32. The van der Waals surface area contributed by atoms with Gasteiger partial charge in [-0.3, -0.25) is 14.9 Å². The molecular formula is C29H28FN5O3. The molecule has 4 aromatic rings. The number of Topliss-reactive ketones (excluding diaryl/α,β-unsaturated/α-hetero) is 1. The van der Waals surface area contributed by atoms with Crippen LogP contribution in [0.5, 0.6) is 11.5 Å². The van der Waals surface area contributed by atoms with E-state index in [9.17, 15) is 14.0 Å². The van der Waals surface area contributed by atoms with Crippen molar-refractivity contribution in [3.05, 3.63) is 102 Å². The minimum Gasteiger partial charge on any atom is -0.457 e. The van der Waals surface area contributed by atoms with Crippen LogP contribution in [-0.4, -0.2) is 38.5 Å². The second-order valence-electron chi connectivity index (χ2n) is 9.51. The molecule has 0 aliphatic carbocycles. The normalized spacial score (nSPS) is 18.7. The molecule has 9 heteroatoms. The monoisotopic (exact) mass is 513 g/mol. The number of nitrogens with one attached hydrogen (secondary N) is 2. The summed E-state index contributed by atoms with van der Waals surface area (Å²) < 4.78 is 20.3. The molecule has 1 fully saturated rings. The quantitative estimate of drug-likeness (QED) is 0.346. The van der Waals surface area contributed by atoms with Gasteiger partial charge < -0.3 is 10.1 Å². The van der Waals surface area contributed by atoms with Crippen molar-refractivity contribution in [3.8, 4) is 11.5 Å². The molecule has 8 nitrogen and oxygen atoms in total. The molecule has 5 rings (SSSR count). The van der Waals surface area contributed by atoms with Gasteiger partial charge in [-0.05, 0) is 79.8 Å². The molecule has 0 saturated carbocycles. The Hall–Kier alpha value is -4.37. The van der Waals surface area contributed by atoms with Gasteiger partial charge in [0.1, 0.15) is 36.5 Å². The van der Waals surface area contributed by atoms with Gasteiger partial charge in [-0.1, -0.05) is 29.8 Å². The van der Waals surface area contributed by atoms with Crippen molar-refractivity contribution in [2.75, 3.05) is 5.32 Å². The number of amides is 1. The Bertz CT molecular complexity index is 1370. The molecule has 3 aromatic carbocycles. The van der Waals surface area contributed by atoms with E-state index in [1.807, 2.05) is 6.92 Å². The number of aryl methyl sites for hydroxylation is 1. The number of anilines is 1. The molecule has 1 amide bonds. The number of ketones is 1. The summed E-state index contributed by atoms with van der Waals surface area (Å²) >= 11 is 0. The van der Waals surface area contributed by atoms with Crippen LogP contribution in [0.1, 0.15) is 17.5 Å². The number of carbonyl (C=O) groups excluding carboxylic acids is 2. The predicted molar refractivity (Wildman–Crippen MR) is 140 cm³/mol. The highest BCUT2D eigenvalue weighted by Crippen LogP contribution is 2.28. The number of hydrogen-bond acceptors (Lipinski definition) is 6. The maximum atomic E-state index is 13.2. The van der Waals surface area contributed by atoms with E-state index in [4.69, 9.17) is 4.74 Å². The van der Waals surface area contributed by atoms with Gasteiger partial charge in [-0.15, -0.1) is 0 Å². The van der Waals surface area contributed by atoms with E-state index in [-0.39, 0.29) is 30.0 Å². The molecule has 1 aliphatic rings. The van der Waals surface area contributed by atoms with Crippen LogP contribution in [0.15, 0.2) is 85.5 Å².